The molecule has 3 N–H and O–H groups in total. The summed E-state index contributed by atoms with van der Waals surface area (Å²) < 4.78 is 5.71. The molecule has 1 unspecified atom stereocenters. The minimum atomic E-state index is -1.05. The van der Waals surface area contributed by atoms with Crippen LogP contribution in [-0.2, 0) is 6.42 Å². The van der Waals surface area contributed by atoms with Crippen molar-refractivity contribution in [2.75, 3.05) is 0 Å². The Bertz CT molecular complexity index is 485. The lowest BCUT2D eigenvalue weighted by molar-refractivity contribution is 0.0563. The molecule has 92 valence electrons. The van der Waals surface area contributed by atoms with Crippen LogP contribution in [0, 0.1) is 0 Å². The average molecular weight is 256 g/mol. The highest BCUT2D eigenvalue weighted by molar-refractivity contribution is 6.31. The van der Waals surface area contributed by atoms with Crippen molar-refractivity contribution < 1.29 is 14.6 Å². The standard InChI is InChI=1S/C12H14ClNO3/c1-12(2)9(14)4-6-3-7(13)5-8(11(15)16)10(6)17-12/h3,5,9H,4,14H2,1-2H3,(H,15,16). The molecule has 1 atom stereocenters. The highest BCUT2D eigenvalue weighted by Gasteiger charge is 2.36. The fourth-order valence-electron chi connectivity index (χ4n) is 1.90. The minimum absolute atomic E-state index is 0.0903. The van der Waals surface area contributed by atoms with Gasteiger partial charge in [0.2, 0.25) is 0 Å². The van der Waals surface area contributed by atoms with Crippen molar-refractivity contribution >= 4 is 17.6 Å². The number of aromatic carboxylic acids is 1. The number of ether oxygens (including phenoxy) is 1. The lowest BCUT2D eigenvalue weighted by Gasteiger charge is -2.38. The van der Waals surface area contributed by atoms with Crippen LogP contribution in [0.15, 0.2) is 12.1 Å². The summed E-state index contributed by atoms with van der Waals surface area (Å²) >= 11 is 5.88. The van der Waals surface area contributed by atoms with E-state index >= 15 is 0 Å². The topological polar surface area (TPSA) is 72.5 Å². The Labute approximate surface area is 104 Å². The molecule has 1 aliphatic heterocycles. The Morgan fingerprint density at radius 1 is 1.59 bits per heavy atom. The normalized spacial score (nSPS) is 21.5. The number of benzene rings is 1. The third kappa shape index (κ3) is 2.10. The zero-order valence-corrected chi connectivity index (χ0v) is 10.4. The van der Waals surface area contributed by atoms with E-state index in [4.69, 9.17) is 27.2 Å². The summed E-state index contributed by atoms with van der Waals surface area (Å²) in [7, 11) is 0. The number of halogens is 1. The third-order valence-electron chi connectivity index (χ3n) is 3.06. The predicted octanol–water partition coefficient (Wildman–Crippen LogP) is 2.08. The molecule has 5 heteroatoms. The van der Waals surface area contributed by atoms with Gasteiger partial charge in [0.25, 0.3) is 0 Å². The molecule has 0 saturated heterocycles. The number of hydrogen-bond acceptors (Lipinski definition) is 3. The number of carbonyl (C=O) groups is 1. The molecule has 4 nitrogen and oxygen atoms in total. The van der Waals surface area contributed by atoms with Gasteiger partial charge in [0, 0.05) is 11.1 Å². The first-order chi connectivity index (χ1) is 7.81. The minimum Gasteiger partial charge on any atom is -0.485 e. The summed E-state index contributed by atoms with van der Waals surface area (Å²) in [5.74, 6) is -0.663. The predicted molar refractivity (Wildman–Crippen MR) is 64.8 cm³/mol. The largest absolute Gasteiger partial charge is 0.485 e. The van der Waals surface area contributed by atoms with Gasteiger partial charge in [-0.2, -0.15) is 0 Å². The summed E-state index contributed by atoms with van der Waals surface area (Å²) in [5, 5.41) is 9.52. The van der Waals surface area contributed by atoms with Crippen LogP contribution in [0.2, 0.25) is 5.02 Å². The van der Waals surface area contributed by atoms with Gasteiger partial charge in [-0.1, -0.05) is 11.6 Å². The van der Waals surface area contributed by atoms with E-state index in [1.165, 1.54) is 6.07 Å². The molecule has 2 rings (SSSR count). The highest BCUT2D eigenvalue weighted by Crippen LogP contribution is 2.37. The zero-order valence-electron chi connectivity index (χ0n) is 9.66. The SMILES string of the molecule is CC1(C)Oc2c(cc(Cl)cc2C(=O)O)CC1N. The van der Waals surface area contributed by atoms with E-state index in [2.05, 4.69) is 0 Å². The summed E-state index contributed by atoms with van der Waals surface area (Å²) in [4.78, 5) is 11.1. The van der Waals surface area contributed by atoms with Gasteiger partial charge < -0.3 is 15.6 Å². The van der Waals surface area contributed by atoms with Crippen LogP contribution in [0.3, 0.4) is 0 Å². The van der Waals surface area contributed by atoms with E-state index in [1.54, 1.807) is 6.07 Å². The summed E-state index contributed by atoms with van der Waals surface area (Å²) in [6.07, 6.45) is 0.559. The fourth-order valence-corrected chi connectivity index (χ4v) is 2.14. The second-order valence-electron chi connectivity index (χ2n) is 4.76. The van der Waals surface area contributed by atoms with Crippen LogP contribution < -0.4 is 10.5 Å². The van der Waals surface area contributed by atoms with Crippen molar-refractivity contribution in [2.24, 2.45) is 5.73 Å². The monoisotopic (exact) mass is 255 g/mol. The van der Waals surface area contributed by atoms with Gasteiger partial charge in [-0.05, 0) is 38.0 Å². The van der Waals surface area contributed by atoms with Crippen LogP contribution >= 0.6 is 11.6 Å². The van der Waals surface area contributed by atoms with E-state index in [0.29, 0.717) is 17.2 Å². The van der Waals surface area contributed by atoms with Crippen LogP contribution in [0.25, 0.3) is 0 Å². The molecule has 17 heavy (non-hydrogen) atoms. The molecular weight excluding hydrogens is 242 g/mol. The maximum atomic E-state index is 11.1. The second-order valence-corrected chi connectivity index (χ2v) is 5.20. The van der Waals surface area contributed by atoms with E-state index < -0.39 is 11.6 Å². The van der Waals surface area contributed by atoms with Crippen molar-refractivity contribution in [2.45, 2.75) is 31.9 Å². The summed E-state index contributed by atoms with van der Waals surface area (Å²) in [6.45, 7) is 3.70. The van der Waals surface area contributed by atoms with Gasteiger partial charge in [-0.15, -0.1) is 0 Å². The molecule has 1 aliphatic rings. The smallest absolute Gasteiger partial charge is 0.339 e. The molecule has 1 heterocycles. The van der Waals surface area contributed by atoms with Crippen molar-refractivity contribution in [1.82, 2.24) is 0 Å². The van der Waals surface area contributed by atoms with Gasteiger partial charge in [-0.25, -0.2) is 4.79 Å². The first-order valence-electron chi connectivity index (χ1n) is 5.31. The number of nitrogens with two attached hydrogens (primary N) is 1. The van der Waals surface area contributed by atoms with Crippen LogP contribution in [0.1, 0.15) is 29.8 Å². The Kier molecular flexibility index (Phi) is 2.79. The fraction of sp³-hybridized carbons (Fsp3) is 0.417. The van der Waals surface area contributed by atoms with Crippen molar-refractivity contribution in [3.05, 3.63) is 28.3 Å². The van der Waals surface area contributed by atoms with E-state index in [1.807, 2.05) is 13.8 Å². The molecule has 0 spiro atoms. The maximum absolute atomic E-state index is 11.1. The van der Waals surface area contributed by atoms with Crippen molar-refractivity contribution in [1.29, 1.82) is 0 Å². The van der Waals surface area contributed by atoms with E-state index in [0.717, 1.165) is 5.56 Å². The van der Waals surface area contributed by atoms with E-state index in [9.17, 15) is 4.79 Å². The Hall–Kier alpha value is -1.26. The lowest BCUT2D eigenvalue weighted by Crippen LogP contribution is -2.51. The van der Waals surface area contributed by atoms with Gasteiger partial charge >= 0.3 is 5.97 Å². The second kappa shape index (κ2) is 3.89. The van der Waals surface area contributed by atoms with Gasteiger partial charge in [0.1, 0.15) is 16.9 Å². The summed E-state index contributed by atoms with van der Waals surface area (Å²) in [5.41, 5.74) is 6.25. The maximum Gasteiger partial charge on any atom is 0.339 e. The molecule has 0 amide bonds. The van der Waals surface area contributed by atoms with Crippen LogP contribution in [-0.4, -0.2) is 22.7 Å². The zero-order chi connectivity index (χ0) is 12.8. The Morgan fingerprint density at radius 3 is 2.82 bits per heavy atom. The molecule has 0 fully saturated rings. The number of carboxylic acids is 1. The van der Waals surface area contributed by atoms with Crippen LogP contribution in [0.5, 0.6) is 5.75 Å². The first kappa shape index (κ1) is 12.2. The van der Waals surface area contributed by atoms with E-state index in [-0.39, 0.29) is 11.6 Å². The number of rotatable bonds is 1. The molecule has 1 aromatic carbocycles. The molecular formula is C12H14ClNO3. The third-order valence-corrected chi connectivity index (χ3v) is 3.28. The van der Waals surface area contributed by atoms with Gasteiger partial charge in [0.05, 0.1) is 0 Å². The molecule has 0 radical (unpaired) electrons. The number of hydrogen-bond donors (Lipinski definition) is 2. The van der Waals surface area contributed by atoms with Gasteiger partial charge in [0.15, 0.2) is 0 Å². The van der Waals surface area contributed by atoms with Crippen molar-refractivity contribution in [3.8, 4) is 5.75 Å². The Morgan fingerprint density at radius 2 is 2.24 bits per heavy atom. The molecule has 1 aromatic rings. The molecule has 0 bridgehead atoms. The number of fused-ring (bicyclic) bond motifs is 1. The van der Waals surface area contributed by atoms with Crippen molar-refractivity contribution in [3.63, 3.8) is 0 Å². The first-order valence-corrected chi connectivity index (χ1v) is 5.69. The molecule has 0 aromatic heterocycles. The summed E-state index contributed by atoms with van der Waals surface area (Å²) in [6, 6.07) is 2.92. The Balaban J connectivity index is 2.58. The number of carboxylic acid groups (broad SMARTS) is 1. The quantitative estimate of drug-likeness (QED) is 0.806. The molecule has 0 aliphatic carbocycles. The van der Waals surface area contributed by atoms with Gasteiger partial charge in [-0.3, -0.25) is 0 Å². The van der Waals surface area contributed by atoms with Crippen LogP contribution in [0.4, 0.5) is 0 Å². The molecule has 0 saturated carbocycles. The average Bonchev–Trinajstić information content (AvgIpc) is 2.19. The highest BCUT2D eigenvalue weighted by atomic mass is 35.5. The lowest BCUT2D eigenvalue weighted by atomic mass is 9.88.